The van der Waals surface area contributed by atoms with E-state index in [2.05, 4.69) is 10.3 Å². The van der Waals surface area contributed by atoms with E-state index in [1.54, 1.807) is 46.2 Å². The smallest absolute Gasteiger partial charge is 0.337 e. The molecule has 1 aliphatic rings. The van der Waals surface area contributed by atoms with Crippen molar-refractivity contribution in [1.82, 2.24) is 10.3 Å². The fourth-order valence-corrected chi connectivity index (χ4v) is 2.80. The summed E-state index contributed by atoms with van der Waals surface area (Å²) in [7, 11) is 1.32. The highest BCUT2D eigenvalue weighted by atomic mass is 16.5. The summed E-state index contributed by atoms with van der Waals surface area (Å²) in [6.45, 7) is 7.14. The van der Waals surface area contributed by atoms with E-state index in [-0.39, 0.29) is 6.10 Å². The van der Waals surface area contributed by atoms with Crippen molar-refractivity contribution in [2.45, 2.75) is 39.7 Å². The topological polar surface area (TPSA) is 77.5 Å². The molecular formula is C18H22N2O4. The summed E-state index contributed by atoms with van der Waals surface area (Å²) in [6.07, 6.45) is 3.02. The monoisotopic (exact) mass is 330 g/mol. The molecule has 0 bridgehead atoms. The molecular weight excluding hydrogens is 308 g/mol. The lowest BCUT2D eigenvalue weighted by Gasteiger charge is -2.30. The summed E-state index contributed by atoms with van der Waals surface area (Å²) >= 11 is 0. The highest BCUT2D eigenvalue weighted by molar-refractivity contribution is 5.99. The van der Waals surface area contributed by atoms with Gasteiger partial charge in [-0.1, -0.05) is 6.07 Å². The van der Waals surface area contributed by atoms with Crippen LogP contribution in [0.4, 0.5) is 0 Å². The summed E-state index contributed by atoms with van der Waals surface area (Å²) in [6, 6.07) is 3.59. The number of nitrogens with one attached hydrogen (secondary N) is 1. The van der Waals surface area contributed by atoms with Gasteiger partial charge in [-0.25, -0.2) is 9.59 Å². The van der Waals surface area contributed by atoms with Crippen LogP contribution in [0.3, 0.4) is 0 Å². The number of dihydropyridines is 1. The van der Waals surface area contributed by atoms with Crippen LogP contribution in [0.2, 0.25) is 0 Å². The van der Waals surface area contributed by atoms with Gasteiger partial charge in [0.25, 0.3) is 0 Å². The van der Waals surface area contributed by atoms with Gasteiger partial charge in [-0.15, -0.1) is 0 Å². The lowest BCUT2D eigenvalue weighted by molar-refractivity contribution is -0.143. The molecule has 0 amide bonds. The molecule has 2 rings (SSSR count). The van der Waals surface area contributed by atoms with Crippen LogP contribution < -0.4 is 5.32 Å². The van der Waals surface area contributed by atoms with Crippen LogP contribution in [0, 0.1) is 0 Å². The van der Waals surface area contributed by atoms with Gasteiger partial charge in [0.15, 0.2) is 0 Å². The molecule has 1 atom stereocenters. The lowest BCUT2D eigenvalue weighted by Crippen LogP contribution is -2.33. The molecule has 0 aliphatic carbocycles. The number of hydrogen-bond donors (Lipinski definition) is 1. The number of allylic oxidation sites excluding steroid dienone is 2. The average molecular weight is 330 g/mol. The molecule has 0 radical (unpaired) electrons. The summed E-state index contributed by atoms with van der Waals surface area (Å²) in [5.74, 6) is -1.53. The predicted octanol–water partition coefficient (Wildman–Crippen LogP) is 2.44. The Kier molecular flexibility index (Phi) is 5.39. The third-order valence-corrected chi connectivity index (χ3v) is 3.75. The Labute approximate surface area is 141 Å². The molecule has 1 N–H and O–H groups in total. The van der Waals surface area contributed by atoms with Crippen LogP contribution in [0.25, 0.3) is 0 Å². The van der Waals surface area contributed by atoms with E-state index in [1.807, 2.05) is 6.07 Å². The van der Waals surface area contributed by atoms with Crippen LogP contribution in [-0.4, -0.2) is 30.1 Å². The number of hydrogen-bond acceptors (Lipinski definition) is 6. The second-order valence-corrected chi connectivity index (χ2v) is 5.87. The Bertz CT molecular complexity index is 705. The fourth-order valence-electron chi connectivity index (χ4n) is 2.80. The van der Waals surface area contributed by atoms with Crippen molar-refractivity contribution in [2.75, 3.05) is 7.11 Å². The standard InChI is InChI=1S/C18H22N2O4/c1-10(2)24-18(22)15-12(4)20-11(3)14(17(21)23-5)16(15)13-7-6-8-19-9-13/h6-10,16,20H,1-5H3. The first-order valence-electron chi connectivity index (χ1n) is 7.74. The minimum absolute atomic E-state index is 0.263. The number of carbonyl (C=O) groups is 2. The largest absolute Gasteiger partial charge is 0.466 e. The first-order chi connectivity index (χ1) is 11.4. The minimum Gasteiger partial charge on any atom is -0.466 e. The van der Waals surface area contributed by atoms with Crippen molar-refractivity contribution in [2.24, 2.45) is 0 Å². The van der Waals surface area contributed by atoms with Crippen molar-refractivity contribution in [1.29, 1.82) is 0 Å². The highest BCUT2D eigenvalue weighted by Gasteiger charge is 2.38. The zero-order valence-electron chi connectivity index (χ0n) is 14.5. The van der Waals surface area contributed by atoms with Crippen LogP contribution in [-0.2, 0) is 19.1 Å². The maximum Gasteiger partial charge on any atom is 0.337 e. The zero-order valence-corrected chi connectivity index (χ0v) is 14.5. The van der Waals surface area contributed by atoms with E-state index in [0.717, 1.165) is 5.56 Å². The number of esters is 2. The van der Waals surface area contributed by atoms with Crippen LogP contribution in [0.5, 0.6) is 0 Å². The molecule has 0 aromatic carbocycles. The van der Waals surface area contributed by atoms with Crippen molar-refractivity contribution in [3.8, 4) is 0 Å². The summed E-state index contributed by atoms with van der Waals surface area (Å²) in [5, 5.41) is 3.09. The van der Waals surface area contributed by atoms with E-state index >= 15 is 0 Å². The summed E-state index contributed by atoms with van der Waals surface area (Å²) in [4.78, 5) is 29.1. The van der Waals surface area contributed by atoms with E-state index in [0.29, 0.717) is 22.5 Å². The molecule has 128 valence electrons. The molecule has 24 heavy (non-hydrogen) atoms. The molecule has 1 aromatic heterocycles. The third-order valence-electron chi connectivity index (χ3n) is 3.75. The van der Waals surface area contributed by atoms with E-state index in [4.69, 9.17) is 9.47 Å². The molecule has 2 heterocycles. The van der Waals surface area contributed by atoms with Gasteiger partial charge in [0.05, 0.1) is 30.3 Å². The molecule has 6 heteroatoms. The first-order valence-corrected chi connectivity index (χ1v) is 7.74. The van der Waals surface area contributed by atoms with Crippen molar-refractivity contribution >= 4 is 11.9 Å². The van der Waals surface area contributed by atoms with Crippen molar-refractivity contribution < 1.29 is 19.1 Å². The SMILES string of the molecule is COC(=O)C1=C(C)NC(C)=C(C(=O)OC(C)C)C1c1cccnc1. The predicted molar refractivity (Wildman–Crippen MR) is 88.8 cm³/mol. The van der Waals surface area contributed by atoms with E-state index in [9.17, 15) is 9.59 Å². The Hall–Kier alpha value is -2.63. The maximum atomic E-state index is 12.7. The van der Waals surface area contributed by atoms with Crippen molar-refractivity contribution in [3.63, 3.8) is 0 Å². The number of pyridine rings is 1. The van der Waals surface area contributed by atoms with Crippen LogP contribution in [0.15, 0.2) is 47.1 Å². The Morgan fingerprint density at radius 1 is 1.17 bits per heavy atom. The van der Waals surface area contributed by atoms with Gasteiger partial charge in [0.1, 0.15) is 0 Å². The first kappa shape index (κ1) is 17.7. The van der Waals surface area contributed by atoms with Gasteiger partial charge in [-0.05, 0) is 39.3 Å². The maximum absolute atomic E-state index is 12.7. The lowest BCUT2D eigenvalue weighted by atomic mass is 9.81. The average Bonchev–Trinajstić information content (AvgIpc) is 2.53. The molecule has 0 saturated carbocycles. The number of aromatic nitrogens is 1. The quantitative estimate of drug-likeness (QED) is 0.855. The molecule has 6 nitrogen and oxygen atoms in total. The van der Waals surface area contributed by atoms with Gasteiger partial charge < -0.3 is 14.8 Å². The minimum atomic E-state index is -0.585. The highest BCUT2D eigenvalue weighted by Crippen LogP contribution is 2.38. The van der Waals surface area contributed by atoms with Gasteiger partial charge >= 0.3 is 11.9 Å². The molecule has 0 saturated heterocycles. The van der Waals surface area contributed by atoms with E-state index < -0.39 is 17.9 Å². The number of ether oxygens (including phenoxy) is 2. The Balaban J connectivity index is 2.61. The second-order valence-electron chi connectivity index (χ2n) is 5.87. The molecule has 1 aromatic rings. The number of rotatable bonds is 4. The number of nitrogens with zero attached hydrogens (tertiary/aromatic N) is 1. The Morgan fingerprint density at radius 3 is 2.29 bits per heavy atom. The molecule has 0 spiro atoms. The second kappa shape index (κ2) is 7.29. The molecule has 1 aliphatic heterocycles. The zero-order chi connectivity index (χ0) is 17.9. The fraction of sp³-hybridized carbons (Fsp3) is 0.389. The van der Waals surface area contributed by atoms with Crippen molar-refractivity contribution in [3.05, 3.63) is 52.6 Å². The number of carbonyl (C=O) groups excluding carboxylic acids is 2. The molecule has 0 fully saturated rings. The summed E-state index contributed by atoms with van der Waals surface area (Å²) < 4.78 is 10.3. The third kappa shape index (κ3) is 3.48. The van der Waals surface area contributed by atoms with Gasteiger partial charge in [-0.2, -0.15) is 0 Å². The molecule has 1 unspecified atom stereocenters. The summed E-state index contributed by atoms with van der Waals surface area (Å²) in [5.41, 5.74) is 2.80. The number of methoxy groups -OCH3 is 1. The van der Waals surface area contributed by atoms with Gasteiger partial charge in [0.2, 0.25) is 0 Å². The van der Waals surface area contributed by atoms with Gasteiger partial charge in [0, 0.05) is 23.8 Å². The van der Waals surface area contributed by atoms with E-state index in [1.165, 1.54) is 7.11 Å². The van der Waals surface area contributed by atoms with Crippen LogP contribution in [0.1, 0.15) is 39.2 Å². The van der Waals surface area contributed by atoms with Crippen LogP contribution >= 0.6 is 0 Å². The normalized spacial score (nSPS) is 17.7. The van der Waals surface area contributed by atoms with Gasteiger partial charge in [-0.3, -0.25) is 4.98 Å². The Morgan fingerprint density at radius 2 is 1.79 bits per heavy atom.